The fourth-order valence-electron chi connectivity index (χ4n) is 5.80. The maximum atomic E-state index is 13.3. The van der Waals surface area contributed by atoms with Gasteiger partial charge in [0, 0.05) is 30.0 Å². The minimum atomic E-state index is -0.0200. The molecule has 2 aromatic heterocycles. The maximum absolute atomic E-state index is 13.3. The van der Waals surface area contributed by atoms with Crippen molar-refractivity contribution in [3.05, 3.63) is 64.4 Å². The van der Waals surface area contributed by atoms with E-state index in [4.69, 9.17) is 4.98 Å². The van der Waals surface area contributed by atoms with Gasteiger partial charge in [-0.15, -0.1) is 0 Å². The zero-order chi connectivity index (χ0) is 23.2. The minimum Gasteiger partial charge on any atom is -0.353 e. The predicted octanol–water partition coefficient (Wildman–Crippen LogP) is 3.17. The van der Waals surface area contributed by atoms with Gasteiger partial charge in [-0.05, 0) is 56.1 Å². The molecule has 4 heterocycles. The van der Waals surface area contributed by atoms with Crippen LogP contribution in [0.2, 0.25) is 0 Å². The second-order valence-corrected chi connectivity index (χ2v) is 9.32. The Bertz CT molecular complexity index is 1470. The number of likely N-dealkylation sites (tertiary alicyclic amines) is 1. The van der Waals surface area contributed by atoms with Gasteiger partial charge in [0.15, 0.2) is 5.82 Å². The lowest BCUT2D eigenvalue weighted by molar-refractivity contribution is -0.121. The molecule has 0 bridgehead atoms. The van der Waals surface area contributed by atoms with Crippen LogP contribution in [0, 0.1) is 0 Å². The van der Waals surface area contributed by atoms with E-state index in [1.807, 2.05) is 36.4 Å². The number of benzene rings is 2. The fraction of sp³-hybridized carbons (Fsp3) is 0.370. The lowest BCUT2D eigenvalue weighted by Gasteiger charge is -2.23. The monoisotopic (exact) mass is 455 g/mol. The van der Waals surface area contributed by atoms with E-state index in [0.29, 0.717) is 35.9 Å². The molecule has 4 aromatic rings. The van der Waals surface area contributed by atoms with Crippen molar-refractivity contribution in [3.63, 3.8) is 0 Å². The van der Waals surface area contributed by atoms with Crippen LogP contribution in [0.25, 0.3) is 33.3 Å². The molecule has 1 atom stereocenters. The van der Waals surface area contributed by atoms with E-state index in [-0.39, 0.29) is 18.0 Å². The molecule has 174 valence electrons. The van der Waals surface area contributed by atoms with Crippen molar-refractivity contribution >= 4 is 27.7 Å². The first-order chi connectivity index (χ1) is 16.7. The van der Waals surface area contributed by atoms with Crippen molar-refractivity contribution in [3.8, 4) is 11.5 Å². The zero-order valence-corrected chi connectivity index (χ0v) is 19.5. The van der Waals surface area contributed by atoms with Crippen LogP contribution in [-0.2, 0) is 24.3 Å². The van der Waals surface area contributed by atoms with Crippen LogP contribution < -0.4 is 10.9 Å². The smallest absolute Gasteiger partial charge is 0.261 e. The molecule has 0 saturated carbocycles. The maximum Gasteiger partial charge on any atom is 0.261 e. The average molecular weight is 456 g/mol. The summed E-state index contributed by atoms with van der Waals surface area (Å²) in [6, 6.07) is 16.1. The van der Waals surface area contributed by atoms with Crippen molar-refractivity contribution < 1.29 is 4.79 Å². The molecular formula is C27H29N5O2. The van der Waals surface area contributed by atoms with Gasteiger partial charge in [0.1, 0.15) is 6.54 Å². The van der Waals surface area contributed by atoms with Gasteiger partial charge in [0.05, 0.1) is 16.6 Å². The van der Waals surface area contributed by atoms with Gasteiger partial charge in [-0.25, -0.2) is 4.98 Å². The molecule has 1 saturated heterocycles. The van der Waals surface area contributed by atoms with Crippen molar-refractivity contribution in [1.82, 2.24) is 24.3 Å². The molecule has 1 fully saturated rings. The highest BCUT2D eigenvalue weighted by atomic mass is 16.2. The first-order valence-corrected chi connectivity index (χ1v) is 12.3. The number of nitrogens with zero attached hydrogens (tertiary/aromatic N) is 4. The first kappa shape index (κ1) is 21.1. The molecule has 7 heteroatoms. The summed E-state index contributed by atoms with van der Waals surface area (Å²) < 4.78 is 3.83. The summed E-state index contributed by atoms with van der Waals surface area (Å²) in [5.74, 6) is 0.647. The Kier molecular flexibility index (Phi) is 5.21. The van der Waals surface area contributed by atoms with Crippen LogP contribution in [-0.4, -0.2) is 50.6 Å². The Morgan fingerprint density at radius 1 is 1.09 bits per heavy atom. The Hall–Kier alpha value is -3.45. The number of carbonyl (C=O) groups is 1. The third-order valence-electron chi connectivity index (χ3n) is 7.48. The number of amides is 1. The summed E-state index contributed by atoms with van der Waals surface area (Å²) in [4.78, 5) is 33.8. The summed E-state index contributed by atoms with van der Waals surface area (Å²) in [5.41, 5.74) is 3.73. The zero-order valence-electron chi connectivity index (χ0n) is 19.5. The van der Waals surface area contributed by atoms with E-state index in [2.05, 4.69) is 33.8 Å². The van der Waals surface area contributed by atoms with Gasteiger partial charge in [0.2, 0.25) is 5.91 Å². The second-order valence-electron chi connectivity index (χ2n) is 9.32. The normalized spacial score (nSPS) is 17.7. The van der Waals surface area contributed by atoms with E-state index < -0.39 is 0 Å². The van der Waals surface area contributed by atoms with Gasteiger partial charge in [0.25, 0.3) is 5.56 Å². The summed E-state index contributed by atoms with van der Waals surface area (Å²) in [5, 5.41) is 4.94. The number of fused-ring (bicyclic) bond motifs is 6. The molecule has 2 aromatic carbocycles. The number of carbonyl (C=O) groups excluding carboxylic acids is 1. The van der Waals surface area contributed by atoms with Crippen LogP contribution in [0.4, 0.5) is 0 Å². The fourth-order valence-corrected chi connectivity index (χ4v) is 5.80. The van der Waals surface area contributed by atoms with Gasteiger partial charge in [-0.2, -0.15) is 0 Å². The molecule has 0 aliphatic carbocycles. The molecule has 2 aliphatic rings. The van der Waals surface area contributed by atoms with Crippen molar-refractivity contribution in [2.45, 2.75) is 45.3 Å². The Morgan fingerprint density at radius 3 is 2.74 bits per heavy atom. The second kappa shape index (κ2) is 8.40. The summed E-state index contributed by atoms with van der Waals surface area (Å²) in [6.07, 6.45) is 3.06. The SMILES string of the molecule is CCN1CCCC1CNC(=O)Cn1c2c(c3ccccc31)CCn1c-2nc2ccccc2c1=O. The highest BCUT2D eigenvalue weighted by molar-refractivity contribution is 5.93. The van der Waals surface area contributed by atoms with Crippen molar-refractivity contribution in [2.24, 2.45) is 0 Å². The highest BCUT2D eigenvalue weighted by Gasteiger charge is 2.28. The van der Waals surface area contributed by atoms with E-state index in [1.165, 1.54) is 12.0 Å². The van der Waals surface area contributed by atoms with Gasteiger partial charge in [-0.1, -0.05) is 37.3 Å². The lowest BCUT2D eigenvalue weighted by Crippen LogP contribution is -2.41. The molecule has 2 aliphatic heterocycles. The molecule has 1 N–H and O–H groups in total. The third kappa shape index (κ3) is 3.34. The number of rotatable bonds is 5. The topological polar surface area (TPSA) is 72.2 Å². The summed E-state index contributed by atoms with van der Waals surface area (Å²) in [7, 11) is 0. The summed E-state index contributed by atoms with van der Waals surface area (Å²) in [6.45, 7) is 5.77. The standard InChI is InChI=1S/C27H29N5O2/c1-2-30-14-7-8-18(30)16-28-24(33)17-32-23-12-6-4-9-19(23)20-13-15-31-26(25(20)32)29-22-11-5-3-10-21(22)27(31)34/h3-6,9-12,18H,2,7-8,13-17H2,1H3,(H,28,33). The molecule has 1 unspecified atom stereocenters. The number of hydrogen-bond donors (Lipinski definition) is 1. The average Bonchev–Trinajstić information content (AvgIpc) is 3.45. The van der Waals surface area contributed by atoms with Gasteiger partial charge < -0.3 is 9.88 Å². The van der Waals surface area contributed by atoms with E-state index in [0.717, 1.165) is 42.5 Å². The van der Waals surface area contributed by atoms with Crippen molar-refractivity contribution in [1.29, 1.82) is 0 Å². The summed E-state index contributed by atoms with van der Waals surface area (Å²) >= 11 is 0. The molecule has 7 nitrogen and oxygen atoms in total. The number of para-hydroxylation sites is 2. The molecular weight excluding hydrogens is 426 g/mol. The Morgan fingerprint density at radius 2 is 1.88 bits per heavy atom. The van der Waals surface area contributed by atoms with Crippen LogP contribution in [0.5, 0.6) is 0 Å². The minimum absolute atomic E-state index is 0.00762. The van der Waals surface area contributed by atoms with Crippen LogP contribution >= 0.6 is 0 Å². The van der Waals surface area contributed by atoms with Crippen LogP contribution in [0.3, 0.4) is 0 Å². The number of nitrogens with one attached hydrogen (secondary N) is 1. The van der Waals surface area contributed by atoms with Crippen molar-refractivity contribution in [2.75, 3.05) is 19.6 Å². The number of aryl methyl sites for hydroxylation is 1. The van der Waals surface area contributed by atoms with Gasteiger partial charge >= 0.3 is 0 Å². The lowest BCUT2D eigenvalue weighted by atomic mass is 10.0. The van der Waals surface area contributed by atoms with E-state index in [9.17, 15) is 9.59 Å². The molecule has 34 heavy (non-hydrogen) atoms. The Balaban J connectivity index is 1.41. The quantitative estimate of drug-likeness (QED) is 0.502. The predicted molar refractivity (Wildman–Crippen MR) is 134 cm³/mol. The Labute approximate surface area is 198 Å². The third-order valence-corrected chi connectivity index (χ3v) is 7.48. The molecule has 1 amide bonds. The van der Waals surface area contributed by atoms with Crippen LogP contribution in [0.1, 0.15) is 25.3 Å². The number of likely N-dealkylation sites (N-methyl/N-ethyl adjacent to an activating group) is 1. The highest BCUT2D eigenvalue weighted by Crippen LogP contribution is 2.36. The molecule has 6 rings (SSSR count). The van der Waals surface area contributed by atoms with Gasteiger partial charge in [-0.3, -0.25) is 19.1 Å². The molecule has 0 radical (unpaired) electrons. The van der Waals surface area contributed by atoms with E-state index >= 15 is 0 Å². The number of aromatic nitrogens is 3. The van der Waals surface area contributed by atoms with Crippen LogP contribution in [0.15, 0.2) is 53.3 Å². The largest absolute Gasteiger partial charge is 0.353 e. The molecule has 0 spiro atoms. The first-order valence-electron chi connectivity index (χ1n) is 12.3. The van der Waals surface area contributed by atoms with E-state index in [1.54, 1.807) is 4.57 Å². The number of hydrogen-bond acceptors (Lipinski definition) is 4.